The van der Waals surface area contributed by atoms with E-state index in [-0.39, 0.29) is 0 Å². The lowest BCUT2D eigenvalue weighted by molar-refractivity contribution is -0.693. The van der Waals surface area contributed by atoms with Gasteiger partial charge in [-0.1, -0.05) is 6.07 Å². The van der Waals surface area contributed by atoms with Crippen molar-refractivity contribution < 1.29 is 4.57 Å². The van der Waals surface area contributed by atoms with Crippen LogP contribution in [0.15, 0.2) is 49.3 Å². The Bertz CT molecular complexity index is 272. The van der Waals surface area contributed by atoms with Crippen molar-refractivity contribution >= 4 is 0 Å². The molecular weight excluding hydrogens is 162 g/mol. The summed E-state index contributed by atoms with van der Waals surface area (Å²) in [5, 5.41) is 0. The fourth-order valence-electron chi connectivity index (χ4n) is 0.860. The number of hydrogen-bond acceptors (Lipinski definition) is 1. The molecule has 0 aliphatic carbocycles. The number of aryl methyl sites for hydroxylation is 1. The number of H-pyrrole nitrogens is 1. The zero-order valence-corrected chi connectivity index (χ0v) is 7.72. The highest BCUT2D eigenvalue weighted by Gasteiger charge is 1.86. The first-order chi connectivity index (χ1) is 6.43. The number of hydrogen-bond donors (Lipinski definition) is 1. The Kier molecular flexibility index (Phi) is 4.32. The predicted molar refractivity (Wildman–Crippen MR) is 50.9 cm³/mol. The predicted octanol–water partition coefficient (Wildman–Crippen LogP) is 1.40. The van der Waals surface area contributed by atoms with Gasteiger partial charge in [0.2, 0.25) is 0 Å². The normalized spacial score (nSPS) is 8.69. The molecule has 2 aromatic heterocycles. The Hall–Kier alpha value is -1.64. The van der Waals surface area contributed by atoms with Gasteiger partial charge in [-0.05, 0) is 6.92 Å². The van der Waals surface area contributed by atoms with Crippen molar-refractivity contribution in [2.24, 2.45) is 0 Å². The third-order valence-corrected chi connectivity index (χ3v) is 1.55. The molecule has 0 fully saturated rings. The van der Waals surface area contributed by atoms with Crippen LogP contribution < -0.4 is 4.57 Å². The fourth-order valence-corrected chi connectivity index (χ4v) is 0.860. The van der Waals surface area contributed by atoms with Gasteiger partial charge in [-0.25, -0.2) is 9.55 Å². The van der Waals surface area contributed by atoms with Crippen LogP contribution in [-0.2, 0) is 6.54 Å². The minimum atomic E-state index is 1.06. The van der Waals surface area contributed by atoms with Gasteiger partial charge in [0, 0.05) is 24.5 Å². The summed E-state index contributed by atoms with van der Waals surface area (Å²) in [5.41, 5.74) is 0. The Morgan fingerprint density at radius 3 is 2.31 bits per heavy atom. The average Bonchev–Trinajstić information content (AvgIpc) is 2.77. The van der Waals surface area contributed by atoms with Crippen molar-refractivity contribution in [2.75, 3.05) is 0 Å². The number of nitrogens with one attached hydrogen (secondary N) is 1. The van der Waals surface area contributed by atoms with E-state index in [1.165, 1.54) is 0 Å². The molecule has 0 saturated carbocycles. The van der Waals surface area contributed by atoms with Crippen LogP contribution in [0.4, 0.5) is 0 Å². The summed E-state index contributed by atoms with van der Waals surface area (Å²) >= 11 is 0. The number of aromatic nitrogens is 3. The quantitative estimate of drug-likeness (QED) is 0.654. The van der Waals surface area contributed by atoms with E-state index in [0.717, 1.165) is 6.54 Å². The Morgan fingerprint density at radius 1 is 1.23 bits per heavy atom. The Morgan fingerprint density at radius 2 is 2.00 bits per heavy atom. The van der Waals surface area contributed by atoms with E-state index >= 15 is 0 Å². The summed E-state index contributed by atoms with van der Waals surface area (Å²) in [5.74, 6) is 0. The van der Waals surface area contributed by atoms with Crippen LogP contribution in [0, 0.1) is 0 Å². The van der Waals surface area contributed by atoms with Crippen molar-refractivity contribution in [2.45, 2.75) is 13.5 Å². The zero-order chi connectivity index (χ0) is 9.36. The van der Waals surface area contributed by atoms with Gasteiger partial charge in [-0.3, -0.25) is 0 Å². The monoisotopic (exact) mass is 176 g/mol. The molecule has 13 heavy (non-hydrogen) atoms. The Balaban J connectivity index is 0.000000145. The largest absolute Gasteiger partial charge is 0.351 e. The molecule has 0 amide bonds. The minimum Gasteiger partial charge on any atom is -0.351 e. The first kappa shape index (κ1) is 9.45. The molecule has 0 spiro atoms. The van der Waals surface area contributed by atoms with Crippen LogP contribution in [0.5, 0.6) is 0 Å². The molecule has 0 aromatic carbocycles. The minimum absolute atomic E-state index is 1.06. The highest BCUT2D eigenvalue weighted by molar-refractivity contribution is 4.83. The van der Waals surface area contributed by atoms with Crippen molar-refractivity contribution in [1.82, 2.24) is 9.97 Å². The third-order valence-electron chi connectivity index (χ3n) is 1.55. The molecular formula is C10H14N3+. The molecule has 68 valence electrons. The Labute approximate surface area is 78.1 Å². The van der Waals surface area contributed by atoms with E-state index in [4.69, 9.17) is 0 Å². The van der Waals surface area contributed by atoms with E-state index < -0.39 is 0 Å². The van der Waals surface area contributed by atoms with Gasteiger partial charge in [0.1, 0.15) is 6.54 Å². The van der Waals surface area contributed by atoms with E-state index in [1.807, 2.05) is 18.2 Å². The zero-order valence-electron chi connectivity index (χ0n) is 7.72. The molecule has 0 saturated heterocycles. The first-order valence-electron chi connectivity index (χ1n) is 4.30. The van der Waals surface area contributed by atoms with Crippen molar-refractivity contribution in [1.29, 1.82) is 0 Å². The number of rotatable bonds is 1. The molecule has 0 aliphatic heterocycles. The first-order valence-corrected chi connectivity index (χ1v) is 4.30. The van der Waals surface area contributed by atoms with Gasteiger partial charge in [0.25, 0.3) is 0 Å². The van der Waals surface area contributed by atoms with Gasteiger partial charge in [-0.2, -0.15) is 0 Å². The fraction of sp³-hybridized carbons (Fsp3) is 0.200. The number of pyridine rings is 1. The lowest BCUT2D eigenvalue weighted by atomic mass is 10.5. The van der Waals surface area contributed by atoms with Crippen LogP contribution in [0.25, 0.3) is 0 Å². The van der Waals surface area contributed by atoms with Crippen LogP contribution >= 0.6 is 0 Å². The molecule has 3 heteroatoms. The summed E-state index contributed by atoms with van der Waals surface area (Å²) < 4.78 is 2.12. The molecule has 1 N–H and O–H groups in total. The highest BCUT2D eigenvalue weighted by Crippen LogP contribution is 1.74. The summed E-state index contributed by atoms with van der Waals surface area (Å²) in [6.45, 7) is 3.18. The molecule has 3 nitrogen and oxygen atoms in total. The lowest BCUT2D eigenvalue weighted by Crippen LogP contribution is -2.30. The second-order valence-electron chi connectivity index (χ2n) is 2.47. The maximum Gasteiger partial charge on any atom is 0.168 e. The van der Waals surface area contributed by atoms with Crippen LogP contribution in [0.1, 0.15) is 6.92 Å². The van der Waals surface area contributed by atoms with Gasteiger partial charge >= 0.3 is 0 Å². The molecule has 2 heterocycles. The second-order valence-corrected chi connectivity index (χ2v) is 2.47. The molecule has 2 aromatic rings. The second kappa shape index (κ2) is 5.94. The van der Waals surface area contributed by atoms with Gasteiger partial charge in [0.15, 0.2) is 12.4 Å². The molecule has 2 rings (SSSR count). The topological polar surface area (TPSA) is 32.6 Å². The summed E-state index contributed by atoms with van der Waals surface area (Å²) in [6.07, 6.45) is 9.19. The van der Waals surface area contributed by atoms with Crippen LogP contribution in [-0.4, -0.2) is 9.97 Å². The van der Waals surface area contributed by atoms with Crippen LogP contribution in [0.3, 0.4) is 0 Å². The van der Waals surface area contributed by atoms with E-state index in [0.29, 0.717) is 0 Å². The van der Waals surface area contributed by atoms with Gasteiger partial charge in [-0.15, -0.1) is 0 Å². The van der Waals surface area contributed by atoms with Crippen LogP contribution in [0.2, 0.25) is 0 Å². The number of aromatic amines is 1. The molecule has 0 atom stereocenters. The smallest absolute Gasteiger partial charge is 0.168 e. The molecule has 0 aliphatic rings. The summed E-state index contributed by atoms with van der Waals surface area (Å²) in [7, 11) is 0. The SMILES string of the molecule is CC[n+]1ccccc1.c1c[nH]cn1. The van der Waals surface area contributed by atoms with Crippen molar-refractivity contribution in [3.05, 3.63) is 49.3 Å². The van der Waals surface area contributed by atoms with Gasteiger partial charge < -0.3 is 4.98 Å². The van der Waals surface area contributed by atoms with E-state index in [1.54, 1.807) is 18.7 Å². The van der Waals surface area contributed by atoms with E-state index in [9.17, 15) is 0 Å². The number of nitrogens with zero attached hydrogens (tertiary/aromatic N) is 2. The van der Waals surface area contributed by atoms with E-state index in [2.05, 4.69) is 33.9 Å². The summed E-state index contributed by atoms with van der Waals surface area (Å²) in [4.78, 5) is 6.42. The van der Waals surface area contributed by atoms with Crippen molar-refractivity contribution in [3.8, 4) is 0 Å². The number of imidazole rings is 1. The standard InChI is InChI=1S/C7H10N.C3H4N2/c1-2-8-6-4-3-5-7-8;1-2-5-3-4-1/h3-7H,2H2,1H3;1-3H,(H,4,5)/q+1;. The van der Waals surface area contributed by atoms with Crippen molar-refractivity contribution in [3.63, 3.8) is 0 Å². The van der Waals surface area contributed by atoms with Gasteiger partial charge in [0.05, 0.1) is 6.33 Å². The highest BCUT2D eigenvalue weighted by atomic mass is 14.9. The molecule has 0 bridgehead atoms. The maximum atomic E-state index is 3.67. The third kappa shape index (κ3) is 4.06. The molecule has 0 radical (unpaired) electrons. The lowest BCUT2D eigenvalue weighted by Gasteiger charge is -1.84. The maximum absolute atomic E-state index is 3.67. The summed E-state index contributed by atoms with van der Waals surface area (Å²) in [6, 6.07) is 6.08. The molecule has 0 unspecified atom stereocenters. The average molecular weight is 176 g/mol.